The molecule has 0 spiro atoms. The Bertz CT molecular complexity index is 624. The van der Waals surface area contributed by atoms with Crippen molar-refractivity contribution in [3.8, 4) is 0 Å². The summed E-state index contributed by atoms with van der Waals surface area (Å²) < 4.78 is 0. The smallest absolute Gasteiger partial charge is 0.322 e. The van der Waals surface area contributed by atoms with Crippen LogP contribution in [0.25, 0.3) is 0 Å². The average molecular weight is 337 g/mol. The summed E-state index contributed by atoms with van der Waals surface area (Å²) in [5.74, 6) is -0.530. The molecule has 2 aliphatic heterocycles. The third-order valence-corrected chi connectivity index (χ3v) is 4.84. The van der Waals surface area contributed by atoms with Crippen molar-refractivity contribution in [2.75, 3.05) is 26.2 Å². The Labute approximate surface area is 137 Å². The molecule has 2 aliphatic rings. The largest absolute Gasteiger partial charge is 0.340 e. The van der Waals surface area contributed by atoms with Crippen molar-refractivity contribution in [2.24, 2.45) is 0 Å². The number of nitrogens with zero attached hydrogens (tertiary/aromatic N) is 3. The molecule has 4 amide bonds. The summed E-state index contributed by atoms with van der Waals surface area (Å²) in [4.78, 5) is 43.3. The van der Waals surface area contributed by atoms with E-state index in [2.05, 4.69) is 25.9 Å². The number of rotatable bonds is 4. The normalized spacial score (nSPS) is 22.1. The van der Waals surface area contributed by atoms with E-state index in [1.807, 2.05) is 6.92 Å². The van der Waals surface area contributed by atoms with Crippen LogP contribution in [0.1, 0.15) is 17.1 Å². The summed E-state index contributed by atoms with van der Waals surface area (Å²) in [6.07, 6.45) is 0.0167. The van der Waals surface area contributed by atoms with Crippen molar-refractivity contribution >= 4 is 29.2 Å². The van der Waals surface area contributed by atoms with Gasteiger partial charge in [-0.05, 0) is 6.92 Å². The van der Waals surface area contributed by atoms with E-state index in [9.17, 15) is 14.4 Å². The molecule has 0 saturated carbocycles. The molecule has 1 aromatic rings. The quantitative estimate of drug-likeness (QED) is 0.735. The molecule has 1 aromatic heterocycles. The van der Waals surface area contributed by atoms with Crippen molar-refractivity contribution in [2.45, 2.75) is 25.9 Å². The second-order valence-electron chi connectivity index (χ2n) is 5.73. The Morgan fingerprint density at radius 2 is 2.09 bits per heavy atom. The average Bonchev–Trinajstić information content (AvgIpc) is 3.05. The van der Waals surface area contributed by atoms with E-state index < -0.39 is 18.0 Å². The highest BCUT2D eigenvalue weighted by atomic mass is 32.1. The molecular formula is C14H19N5O3S. The molecule has 2 N–H and O–H groups in total. The summed E-state index contributed by atoms with van der Waals surface area (Å²) in [6, 6.07) is -1.28. The molecule has 0 bridgehead atoms. The first-order valence-corrected chi connectivity index (χ1v) is 8.42. The zero-order chi connectivity index (χ0) is 16.4. The highest BCUT2D eigenvalue weighted by Gasteiger charge is 2.33. The molecular weight excluding hydrogens is 318 g/mol. The third kappa shape index (κ3) is 3.85. The molecule has 3 heterocycles. The predicted octanol–water partition coefficient (Wildman–Crippen LogP) is -0.306. The van der Waals surface area contributed by atoms with E-state index in [-0.39, 0.29) is 12.3 Å². The Morgan fingerprint density at radius 3 is 2.65 bits per heavy atom. The minimum Gasteiger partial charge on any atom is -0.340 e. The summed E-state index contributed by atoms with van der Waals surface area (Å²) in [7, 11) is 0. The van der Waals surface area contributed by atoms with Gasteiger partial charge in [-0.25, -0.2) is 9.78 Å². The summed E-state index contributed by atoms with van der Waals surface area (Å²) in [5, 5.41) is 7.71. The highest BCUT2D eigenvalue weighted by molar-refractivity contribution is 7.09. The molecule has 2 saturated heterocycles. The fraction of sp³-hybridized carbons (Fsp3) is 0.571. The number of thiazole rings is 1. The molecule has 3 rings (SSSR count). The van der Waals surface area contributed by atoms with Gasteiger partial charge < -0.3 is 10.2 Å². The lowest BCUT2D eigenvalue weighted by Gasteiger charge is -2.34. The Balaban J connectivity index is 1.46. The number of piperazine rings is 1. The van der Waals surface area contributed by atoms with Gasteiger partial charge in [-0.3, -0.25) is 19.8 Å². The zero-order valence-corrected chi connectivity index (χ0v) is 13.7. The van der Waals surface area contributed by atoms with Crippen LogP contribution < -0.4 is 10.6 Å². The zero-order valence-electron chi connectivity index (χ0n) is 12.9. The van der Waals surface area contributed by atoms with Crippen molar-refractivity contribution in [1.29, 1.82) is 0 Å². The molecule has 0 unspecified atom stereocenters. The maximum Gasteiger partial charge on any atom is 0.322 e. The second-order valence-corrected chi connectivity index (χ2v) is 6.80. The molecule has 9 heteroatoms. The number of aromatic nitrogens is 1. The minimum atomic E-state index is -0.744. The van der Waals surface area contributed by atoms with Gasteiger partial charge in [0.25, 0.3) is 5.91 Å². The van der Waals surface area contributed by atoms with Crippen LogP contribution in [0.4, 0.5) is 4.79 Å². The number of nitrogens with one attached hydrogen (secondary N) is 2. The van der Waals surface area contributed by atoms with Crippen LogP contribution in [-0.2, 0) is 16.1 Å². The fourth-order valence-electron chi connectivity index (χ4n) is 2.77. The number of amides is 4. The lowest BCUT2D eigenvalue weighted by Crippen LogP contribution is -2.49. The van der Waals surface area contributed by atoms with Crippen molar-refractivity contribution in [3.05, 3.63) is 16.1 Å². The molecule has 23 heavy (non-hydrogen) atoms. The standard InChI is InChI=1S/C14H19N5O3S/c1-9-15-10(8-23-9)7-18-2-4-19(5-3-18)12(20)6-11-13(21)17-14(22)16-11/h8,11H,2-7H2,1H3,(H2,16,17,21,22)/t11-/m1/s1. The van der Waals surface area contributed by atoms with Crippen molar-refractivity contribution in [1.82, 2.24) is 25.4 Å². The number of urea groups is 1. The summed E-state index contributed by atoms with van der Waals surface area (Å²) in [6.45, 7) is 5.61. The Hall–Kier alpha value is -2.00. The van der Waals surface area contributed by atoms with Crippen LogP contribution in [0.3, 0.4) is 0 Å². The Morgan fingerprint density at radius 1 is 1.35 bits per heavy atom. The van der Waals surface area contributed by atoms with E-state index in [1.54, 1.807) is 16.2 Å². The minimum absolute atomic E-state index is 0.0167. The van der Waals surface area contributed by atoms with Crippen LogP contribution in [0.15, 0.2) is 5.38 Å². The van der Waals surface area contributed by atoms with Crippen LogP contribution in [0.2, 0.25) is 0 Å². The molecule has 0 radical (unpaired) electrons. The van der Waals surface area contributed by atoms with Gasteiger partial charge in [0.15, 0.2) is 0 Å². The van der Waals surface area contributed by atoms with Gasteiger partial charge in [0, 0.05) is 38.1 Å². The molecule has 0 aromatic carbocycles. The third-order valence-electron chi connectivity index (χ3n) is 4.01. The first kappa shape index (κ1) is 15.9. The maximum atomic E-state index is 12.2. The van der Waals surface area contributed by atoms with E-state index in [4.69, 9.17) is 0 Å². The van der Waals surface area contributed by atoms with Crippen molar-refractivity contribution < 1.29 is 14.4 Å². The van der Waals surface area contributed by atoms with E-state index in [0.717, 1.165) is 30.3 Å². The monoisotopic (exact) mass is 337 g/mol. The van der Waals surface area contributed by atoms with Crippen LogP contribution >= 0.6 is 11.3 Å². The van der Waals surface area contributed by atoms with Gasteiger partial charge in [-0.2, -0.15) is 0 Å². The van der Waals surface area contributed by atoms with Crippen LogP contribution in [-0.4, -0.2) is 64.9 Å². The number of hydrogen-bond donors (Lipinski definition) is 2. The van der Waals surface area contributed by atoms with Gasteiger partial charge in [0.2, 0.25) is 5.91 Å². The number of imide groups is 1. The van der Waals surface area contributed by atoms with Crippen molar-refractivity contribution in [3.63, 3.8) is 0 Å². The summed E-state index contributed by atoms with van der Waals surface area (Å²) >= 11 is 1.64. The topological polar surface area (TPSA) is 94.6 Å². The van der Waals surface area contributed by atoms with Gasteiger partial charge in [-0.15, -0.1) is 11.3 Å². The molecule has 124 valence electrons. The molecule has 2 fully saturated rings. The maximum absolute atomic E-state index is 12.2. The van der Waals surface area contributed by atoms with E-state index in [1.165, 1.54) is 0 Å². The number of aryl methyl sites for hydroxylation is 1. The van der Waals surface area contributed by atoms with Gasteiger partial charge in [0.1, 0.15) is 6.04 Å². The van der Waals surface area contributed by atoms with Gasteiger partial charge in [0.05, 0.1) is 17.1 Å². The van der Waals surface area contributed by atoms with Crippen LogP contribution in [0.5, 0.6) is 0 Å². The van der Waals surface area contributed by atoms with Gasteiger partial charge >= 0.3 is 6.03 Å². The first-order chi connectivity index (χ1) is 11.0. The molecule has 1 atom stereocenters. The highest BCUT2D eigenvalue weighted by Crippen LogP contribution is 2.13. The molecule has 0 aliphatic carbocycles. The van der Waals surface area contributed by atoms with Gasteiger partial charge in [-0.1, -0.05) is 0 Å². The molecule has 8 nitrogen and oxygen atoms in total. The van der Waals surface area contributed by atoms with E-state index in [0.29, 0.717) is 13.1 Å². The predicted molar refractivity (Wildman–Crippen MR) is 83.8 cm³/mol. The lowest BCUT2D eigenvalue weighted by molar-refractivity contribution is -0.135. The van der Waals surface area contributed by atoms with E-state index >= 15 is 0 Å². The number of hydrogen-bond acceptors (Lipinski definition) is 6. The fourth-order valence-corrected chi connectivity index (χ4v) is 3.38. The SMILES string of the molecule is Cc1nc(CN2CCN(C(=O)C[C@H]3NC(=O)NC3=O)CC2)cs1. The van der Waals surface area contributed by atoms with Crippen LogP contribution in [0, 0.1) is 6.92 Å². The number of carbonyl (C=O) groups is 3. The Kier molecular flexibility index (Phi) is 4.58. The number of carbonyl (C=O) groups excluding carboxylic acids is 3. The summed E-state index contributed by atoms with van der Waals surface area (Å²) in [5.41, 5.74) is 1.07. The second kappa shape index (κ2) is 6.63. The first-order valence-electron chi connectivity index (χ1n) is 7.54. The lowest BCUT2D eigenvalue weighted by atomic mass is 10.1.